The smallest absolute Gasteiger partial charge is 0.0704 e. The minimum absolute atomic E-state index is 0.232. The molecule has 7 heteroatoms. The maximum atomic E-state index is 6.14. The molecular weight excluding hydrogens is 372 g/mol. The third-order valence-electron chi connectivity index (χ3n) is 5.51. The zero-order valence-corrected chi connectivity index (χ0v) is 18.8. The third kappa shape index (κ3) is 11.6. The highest BCUT2D eigenvalue weighted by atomic mass is 16.5. The normalized spacial score (nSPS) is 32.5. The van der Waals surface area contributed by atoms with Gasteiger partial charge in [0.05, 0.1) is 65.1 Å². The average molecular weight is 417 g/mol. The quantitative estimate of drug-likeness (QED) is 0.650. The molecule has 3 heterocycles. The number of fused-ring (bicyclic) bond motifs is 18. The Bertz CT molecular complexity index is 342. The van der Waals surface area contributed by atoms with Gasteiger partial charge in [0.1, 0.15) is 0 Å². The van der Waals surface area contributed by atoms with E-state index in [0.29, 0.717) is 26.4 Å². The van der Waals surface area contributed by atoms with Gasteiger partial charge in [-0.2, -0.15) is 0 Å². The van der Waals surface area contributed by atoms with E-state index in [0.717, 1.165) is 91.4 Å². The number of hydrogen-bond donors (Lipinski definition) is 0. The molecule has 3 rings (SSSR count). The molecule has 2 unspecified atom stereocenters. The van der Waals surface area contributed by atoms with Crippen molar-refractivity contribution < 1.29 is 23.7 Å². The van der Waals surface area contributed by atoms with Gasteiger partial charge in [0.15, 0.2) is 0 Å². The summed E-state index contributed by atoms with van der Waals surface area (Å²) in [7, 11) is 0. The molecular formula is C22H44N2O5. The van der Waals surface area contributed by atoms with Crippen molar-refractivity contribution in [2.75, 3.05) is 92.1 Å². The Labute approximate surface area is 177 Å². The molecule has 3 saturated heterocycles. The van der Waals surface area contributed by atoms with Crippen LogP contribution in [0.4, 0.5) is 0 Å². The van der Waals surface area contributed by atoms with Gasteiger partial charge < -0.3 is 23.7 Å². The zero-order valence-electron chi connectivity index (χ0n) is 18.8. The van der Waals surface area contributed by atoms with E-state index in [4.69, 9.17) is 23.7 Å². The fourth-order valence-electron chi connectivity index (χ4n) is 3.89. The molecule has 0 amide bonds. The van der Waals surface area contributed by atoms with Crippen LogP contribution in [0.5, 0.6) is 0 Å². The first-order valence-electron chi connectivity index (χ1n) is 11.7. The van der Waals surface area contributed by atoms with Crippen LogP contribution in [0.3, 0.4) is 0 Å². The lowest BCUT2D eigenvalue weighted by Crippen LogP contribution is -2.42. The summed E-state index contributed by atoms with van der Waals surface area (Å²) in [6, 6.07) is 0. The van der Waals surface area contributed by atoms with E-state index in [1.807, 2.05) is 0 Å². The van der Waals surface area contributed by atoms with Gasteiger partial charge in [-0.05, 0) is 12.8 Å². The number of rotatable bonds is 4. The maximum Gasteiger partial charge on any atom is 0.0704 e. The monoisotopic (exact) mass is 416 g/mol. The SMILES string of the molecule is CCCC1CN2CCOCCN(CCOCC2)CC(CCC)OCCOCCO1. The highest BCUT2D eigenvalue weighted by Gasteiger charge is 2.18. The zero-order chi connectivity index (χ0) is 20.6. The van der Waals surface area contributed by atoms with E-state index in [-0.39, 0.29) is 12.2 Å². The molecule has 3 aliphatic heterocycles. The largest absolute Gasteiger partial charge is 0.379 e. The summed E-state index contributed by atoms with van der Waals surface area (Å²) in [5.74, 6) is 0. The first kappa shape index (κ1) is 25.0. The molecule has 3 fully saturated rings. The molecule has 29 heavy (non-hydrogen) atoms. The highest BCUT2D eigenvalue weighted by Crippen LogP contribution is 2.08. The lowest BCUT2D eigenvalue weighted by atomic mass is 10.2. The van der Waals surface area contributed by atoms with Crippen LogP contribution in [-0.2, 0) is 23.7 Å². The lowest BCUT2D eigenvalue weighted by molar-refractivity contribution is -0.0520. The van der Waals surface area contributed by atoms with Crippen LogP contribution < -0.4 is 0 Å². The van der Waals surface area contributed by atoms with Crippen molar-refractivity contribution in [3.8, 4) is 0 Å². The van der Waals surface area contributed by atoms with E-state index >= 15 is 0 Å². The molecule has 0 aromatic heterocycles. The molecule has 7 nitrogen and oxygen atoms in total. The Morgan fingerprint density at radius 2 is 0.931 bits per heavy atom. The lowest BCUT2D eigenvalue weighted by Gasteiger charge is -2.30. The van der Waals surface area contributed by atoms with Crippen molar-refractivity contribution in [1.82, 2.24) is 9.80 Å². The van der Waals surface area contributed by atoms with Gasteiger partial charge in [-0.25, -0.2) is 0 Å². The van der Waals surface area contributed by atoms with Crippen molar-refractivity contribution >= 4 is 0 Å². The van der Waals surface area contributed by atoms with Gasteiger partial charge in [0, 0.05) is 39.3 Å². The predicted molar refractivity (Wildman–Crippen MR) is 115 cm³/mol. The molecule has 0 saturated carbocycles. The molecule has 0 spiro atoms. The summed E-state index contributed by atoms with van der Waals surface area (Å²) in [6.07, 6.45) is 4.83. The topological polar surface area (TPSA) is 52.6 Å². The maximum absolute atomic E-state index is 6.14. The van der Waals surface area contributed by atoms with Gasteiger partial charge in [0.25, 0.3) is 0 Å². The van der Waals surface area contributed by atoms with Crippen molar-refractivity contribution in [1.29, 1.82) is 0 Å². The fraction of sp³-hybridized carbons (Fsp3) is 1.00. The standard InChI is InChI=1S/C22H44N2O5/c1-3-5-21-19-23-7-11-25-13-9-24(10-14-26-12-8-23)20-22(6-4-2)29-18-16-27-15-17-28-21/h21-22H,3-20H2,1-2H3. The van der Waals surface area contributed by atoms with Crippen LogP contribution in [0.2, 0.25) is 0 Å². The second kappa shape index (κ2) is 16.4. The van der Waals surface area contributed by atoms with E-state index < -0.39 is 0 Å². The first-order valence-corrected chi connectivity index (χ1v) is 11.7. The van der Waals surface area contributed by atoms with Crippen molar-refractivity contribution in [2.45, 2.75) is 51.7 Å². The van der Waals surface area contributed by atoms with Crippen LogP contribution in [0.25, 0.3) is 0 Å². The molecule has 172 valence electrons. The molecule has 0 aliphatic carbocycles. The van der Waals surface area contributed by atoms with E-state index in [1.54, 1.807) is 0 Å². The summed E-state index contributed by atoms with van der Waals surface area (Å²) in [5, 5.41) is 0. The minimum Gasteiger partial charge on any atom is -0.379 e. The van der Waals surface area contributed by atoms with Crippen molar-refractivity contribution in [3.05, 3.63) is 0 Å². The molecule has 0 aromatic rings. The Balaban J connectivity index is 1.99. The van der Waals surface area contributed by atoms with E-state index in [2.05, 4.69) is 23.6 Å². The summed E-state index contributed by atoms with van der Waals surface area (Å²) in [4.78, 5) is 4.85. The molecule has 3 aliphatic rings. The molecule has 2 bridgehead atoms. The Kier molecular flexibility index (Phi) is 14.1. The third-order valence-corrected chi connectivity index (χ3v) is 5.51. The van der Waals surface area contributed by atoms with Gasteiger partial charge in [-0.15, -0.1) is 0 Å². The summed E-state index contributed by atoms with van der Waals surface area (Å²) >= 11 is 0. The average Bonchev–Trinajstić information content (AvgIpc) is 2.70. The number of nitrogens with zero attached hydrogens (tertiary/aromatic N) is 2. The first-order chi connectivity index (χ1) is 14.3. The predicted octanol–water partition coefficient (Wildman–Crippen LogP) is 2.04. The van der Waals surface area contributed by atoms with Crippen LogP contribution in [0.15, 0.2) is 0 Å². The summed E-state index contributed by atoms with van der Waals surface area (Å²) in [5.41, 5.74) is 0. The summed E-state index contributed by atoms with van der Waals surface area (Å²) < 4.78 is 30.0. The van der Waals surface area contributed by atoms with Gasteiger partial charge in [-0.1, -0.05) is 26.7 Å². The van der Waals surface area contributed by atoms with Gasteiger partial charge in [0.2, 0.25) is 0 Å². The van der Waals surface area contributed by atoms with Gasteiger partial charge >= 0.3 is 0 Å². The molecule has 2 atom stereocenters. The second-order valence-electron chi connectivity index (χ2n) is 8.00. The van der Waals surface area contributed by atoms with Crippen molar-refractivity contribution in [2.24, 2.45) is 0 Å². The Morgan fingerprint density at radius 1 is 0.552 bits per heavy atom. The minimum atomic E-state index is 0.232. The Morgan fingerprint density at radius 3 is 1.31 bits per heavy atom. The van der Waals surface area contributed by atoms with Crippen molar-refractivity contribution in [3.63, 3.8) is 0 Å². The number of ether oxygens (including phenoxy) is 5. The second-order valence-corrected chi connectivity index (χ2v) is 8.00. The molecule has 0 N–H and O–H groups in total. The van der Waals surface area contributed by atoms with E-state index in [9.17, 15) is 0 Å². The van der Waals surface area contributed by atoms with Crippen LogP contribution >= 0.6 is 0 Å². The van der Waals surface area contributed by atoms with E-state index in [1.165, 1.54) is 0 Å². The molecule has 0 radical (unpaired) electrons. The van der Waals surface area contributed by atoms with Crippen LogP contribution in [0, 0.1) is 0 Å². The highest BCUT2D eigenvalue weighted by molar-refractivity contribution is 4.69. The van der Waals surface area contributed by atoms with Crippen LogP contribution in [0.1, 0.15) is 39.5 Å². The number of hydrogen-bond acceptors (Lipinski definition) is 7. The molecule has 0 aromatic carbocycles. The van der Waals surface area contributed by atoms with Gasteiger partial charge in [-0.3, -0.25) is 9.80 Å². The fourth-order valence-corrected chi connectivity index (χ4v) is 3.89. The van der Waals surface area contributed by atoms with Crippen LogP contribution in [-0.4, -0.2) is 114 Å². The summed E-state index contributed by atoms with van der Waals surface area (Å²) in [6.45, 7) is 15.5. The Hall–Kier alpha value is -0.280.